The molecule has 1 aromatic heterocycles. The van der Waals surface area contributed by atoms with Gasteiger partial charge in [-0.3, -0.25) is 4.98 Å². The average molecular weight is 228 g/mol. The molecular formula is C14H16N2O. The van der Waals surface area contributed by atoms with Crippen molar-refractivity contribution in [2.45, 2.75) is 30.9 Å². The number of hydrogen-bond acceptors (Lipinski definition) is 3. The summed E-state index contributed by atoms with van der Waals surface area (Å²) in [5, 5.41) is 11.4. The molecule has 0 aliphatic heterocycles. The van der Waals surface area contributed by atoms with Crippen LogP contribution in [0, 0.1) is 0 Å². The van der Waals surface area contributed by atoms with Gasteiger partial charge in [-0.25, -0.2) is 0 Å². The molecule has 0 saturated heterocycles. The number of benzene rings is 1. The van der Waals surface area contributed by atoms with Crippen LogP contribution in [-0.4, -0.2) is 21.7 Å². The Morgan fingerprint density at radius 2 is 2.06 bits per heavy atom. The van der Waals surface area contributed by atoms with Gasteiger partial charge < -0.3 is 10.8 Å². The number of hydrogen-bond donors (Lipinski definition) is 2. The van der Waals surface area contributed by atoms with Gasteiger partial charge in [0.25, 0.3) is 0 Å². The van der Waals surface area contributed by atoms with Crippen molar-refractivity contribution in [3.05, 3.63) is 42.1 Å². The van der Waals surface area contributed by atoms with Crippen LogP contribution >= 0.6 is 0 Å². The fourth-order valence-corrected chi connectivity index (χ4v) is 2.72. The Kier molecular flexibility index (Phi) is 2.38. The van der Waals surface area contributed by atoms with Gasteiger partial charge in [0.1, 0.15) is 0 Å². The van der Waals surface area contributed by atoms with Gasteiger partial charge in [0.2, 0.25) is 0 Å². The highest BCUT2D eigenvalue weighted by Gasteiger charge is 2.40. The Hall–Kier alpha value is -1.45. The monoisotopic (exact) mass is 228 g/mol. The molecule has 3 N–H and O–H groups in total. The van der Waals surface area contributed by atoms with E-state index < -0.39 is 5.60 Å². The van der Waals surface area contributed by atoms with Crippen molar-refractivity contribution in [1.82, 2.24) is 4.98 Å². The lowest BCUT2D eigenvalue weighted by Gasteiger charge is -2.42. The molecule has 3 rings (SSSR count). The minimum absolute atomic E-state index is 0.160. The SMILES string of the molecule is NC1CC(O)(Cc2ccnc3ccccc23)C1. The van der Waals surface area contributed by atoms with Crippen LogP contribution in [0.3, 0.4) is 0 Å². The number of nitrogens with zero attached hydrogens (tertiary/aromatic N) is 1. The predicted octanol–water partition coefficient (Wildman–Crippen LogP) is 1.63. The summed E-state index contributed by atoms with van der Waals surface area (Å²) in [4.78, 5) is 4.32. The summed E-state index contributed by atoms with van der Waals surface area (Å²) in [6.07, 6.45) is 3.87. The Labute approximate surface area is 100 Å². The maximum atomic E-state index is 10.3. The zero-order valence-corrected chi connectivity index (χ0v) is 9.63. The summed E-state index contributed by atoms with van der Waals surface area (Å²) in [7, 11) is 0. The molecule has 1 heterocycles. The molecule has 0 radical (unpaired) electrons. The number of aliphatic hydroxyl groups is 1. The number of rotatable bonds is 2. The predicted molar refractivity (Wildman–Crippen MR) is 67.6 cm³/mol. The minimum Gasteiger partial charge on any atom is -0.389 e. The van der Waals surface area contributed by atoms with Gasteiger partial charge in [0.15, 0.2) is 0 Å². The summed E-state index contributed by atoms with van der Waals surface area (Å²) in [5.74, 6) is 0. The maximum Gasteiger partial charge on any atom is 0.0717 e. The largest absolute Gasteiger partial charge is 0.389 e. The molecule has 0 atom stereocenters. The van der Waals surface area contributed by atoms with Gasteiger partial charge in [-0.2, -0.15) is 0 Å². The number of nitrogens with two attached hydrogens (primary N) is 1. The molecule has 3 heteroatoms. The molecule has 1 fully saturated rings. The van der Waals surface area contributed by atoms with Gasteiger partial charge in [-0.15, -0.1) is 0 Å². The topological polar surface area (TPSA) is 59.1 Å². The molecule has 17 heavy (non-hydrogen) atoms. The highest BCUT2D eigenvalue weighted by Crippen LogP contribution is 2.35. The van der Waals surface area contributed by atoms with Crippen molar-refractivity contribution >= 4 is 10.9 Å². The molecule has 1 aromatic carbocycles. The fraction of sp³-hybridized carbons (Fsp3) is 0.357. The van der Waals surface area contributed by atoms with Crippen LogP contribution in [0.15, 0.2) is 36.5 Å². The first-order valence-electron chi connectivity index (χ1n) is 5.97. The van der Waals surface area contributed by atoms with Gasteiger partial charge in [-0.1, -0.05) is 18.2 Å². The zero-order valence-electron chi connectivity index (χ0n) is 9.63. The minimum atomic E-state index is -0.608. The van der Waals surface area contributed by atoms with E-state index in [2.05, 4.69) is 11.1 Å². The van der Waals surface area contributed by atoms with E-state index in [4.69, 9.17) is 5.73 Å². The Bertz CT molecular complexity index is 541. The van der Waals surface area contributed by atoms with Crippen LogP contribution in [0.4, 0.5) is 0 Å². The van der Waals surface area contributed by atoms with Crippen LogP contribution < -0.4 is 5.73 Å². The molecular weight excluding hydrogens is 212 g/mol. The van der Waals surface area contributed by atoms with Crippen LogP contribution in [0.5, 0.6) is 0 Å². The quantitative estimate of drug-likeness (QED) is 0.821. The third-order valence-corrected chi connectivity index (χ3v) is 3.54. The van der Waals surface area contributed by atoms with Crippen LogP contribution in [0.2, 0.25) is 0 Å². The summed E-state index contributed by atoms with van der Waals surface area (Å²) >= 11 is 0. The molecule has 0 amide bonds. The molecule has 0 spiro atoms. The van der Waals surface area contributed by atoms with E-state index in [0.717, 1.165) is 16.5 Å². The van der Waals surface area contributed by atoms with Crippen molar-refractivity contribution in [1.29, 1.82) is 0 Å². The lowest BCUT2D eigenvalue weighted by Crippen LogP contribution is -2.52. The van der Waals surface area contributed by atoms with E-state index in [1.165, 1.54) is 0 Å². The number of aromatic nitrogens is 1. The number of pyridine rings is 1. The van der Waals surface area contributed by atoms with Gasteiger partial charge in [0, 0.05) is 24.0 Å². The van der Waals surface area contributed by atoms with E-state index in [1.807, 2.05) is 24.3 Å². The Morgan fingerprint density at radius 1 is 1.29 bits per heavy atom. The lowest BCUT2D eigenvalue weighted by atomic mass is 9.72. The first-order valence-corrected chi connectivity index (χ1v) is 5.97. The van der Waals surface area contributed by atoms with E-state index in [1.54, 1.807) is 6.20 Å². The smallest absolute Gasteiger partial charge is 0.0717 e. The van der Waals surface area contributed by atoms with Gasteiger partial charge in [-0.05, 0) is 30.5 Å². The maximum absolute atomic E-state index is 10.3. The second kappa shape index (κ2) is 3.79. The second-order valence-corrected chi connectivity index (χ2v) is 5.06. The summed E-state index contributed by atoms with van der Waals surface area (Å²) in [6, 6.07) is 10.2. The van der Waals surface area contributed by atoms with E-state index in [9.17, 15) is 5.11 Å². The van der Waals surface area contributed by atoms with Crippen LogP contribution in [-0.2, 0) is 6.42 Å². The third-order valence-electron chi connectivity index (χ3n) is 3.54. The second-order valence-electron chi connectivity index (χ2n) is 5.06. The molecule has 2 aromatic rings. The summed E-state index contributed by atoms with van der Waals surface area (Å²) in [6.45, 7) is 0. The highest BCUT2D eigenvalue weighted by molar-refractivity contribution is 5.81. The first-order chi connectivity index (χ1) is 8.16. The molecule has 88 valence electrons. The van der Waals surface area contributed by atoms with Crippen molar-refractivity contribution in [3.63, 3.8) is 0 Å². The molecule has 3 nitrogen and oxygen atoms in total. The Morgan fingerprint density at radius 3 is 2.82 bits per heavy atom. The van der Waals surface area contributed by atoms with E-state index in [0.29, 0.717) is 19.3 Å². The fourth-order valence-electron chi connectivity index (χ4n) is 2.72. The summed E-state index contributed by atoms with van der Waals surface area (Å²) < 4.78 is 0. The molecule has 0 unspecified atom stereocenters. The average Bonchev–Trinajstić information content (AvgIpc) is 2.28. The van der Waals surface area contributed by atoms with Gasteiger partial charge >= 0.3 is 0 Å². The normalized spacial score (nSPS) is 28.0. The molecule has 1 saturated carbocycles. The standard InChI is InChI=1S/C14H16N2O/c15-11-8-14(17,9-11)7-10-5-6-16-13-4-2-1-3-12(10)13/h1-6,11,17H,7-9,15H2. The highest BCUT2D eigenvalue weighted by atomic mass is 16.3. The Balaban J connectivity index is 1.95. The summed E-state index contributed by atoms with van der Waals surface area (Å²) in [5.41, 5.74) is 7.28. The molecule has 1 aliphatic rings. The van der Waals surface area contributed by atoms with Gasteiger partial charge in [0.05, 0.1) is 11.1 Å². The lowest BCUT2D eigenvalue weighted by molar-refractivity contribution is -0.0452. The van der Waals surface area contributed by atoms with Crippen molar-refractivity contribution in [2.24, 2.45) is 5.73 Å². The molecule has 1 aliphatic carbocycles. The third kappa shape index (κ3) is 1.92. The van der Waals surface area contributed by atoms with Crippen LogP contribution in [0.1, 0.15) is 18.4 Å². The van der Waals surface area contributed by atoms with E-state index >= 15 is 0 Å². The van der Waals surface area contributed by atoms with Crippen molar-refractivity contribution in [2.75, 3.05) is 0 Å². The number of para-hydroxylation sites is 1. The molecule has 0 bridgehead atoms. The number of fused-ring (bicyclic) bond motifs is 1. The zero-order chi connectivity index (χ0) is 11.9. The van der Waals surface area contributed by atoms with E-state index in [-0.39, 0.29) is 6.04 Å². The van der Waals surface area contributed by atoms with Crippen LogP contribution in [0.25, 0.3) is 10.9 Å². The van der Waals surface area contributed by atoms with Crippen molar-refractivity contribution in [3.8, 4) is 0 Å². The first kappa shape index (κ1) is 10.7. The van der Waals surface area contributed by atoms with Crippen molar-refractivity contribution < 1.29 is 5.11 Å².